The summed E-state index contributed by atoms with van der Waals surface area (Å²) in [6, 6.07) is 10.6. The van der Waals surface area contributed by atoms with E-state index in [0.717, 1.165) is 18.1 Å². The molecule has 0 saturated carbocycles. The summed E-state index contributed by atoms with van der Waals surface area (Å²) in [6.07, 6.45) is 0. The first-order valence-electron chi connectivity index (χ1n) is 9.80. The number of ether oxygens (including phenoxy) is 2. The quantitative estimate of drug-likeness (QED) is 0.372. The molecule has 0 unspecified atom stereocenters. The molecule has 0 spiro atoms. The van der Waals surface area contributed by atoms with Gasteiger partial charge in [0, 0.05) is 5.75 Å². The zero-order valence-corrected chi connectivity index (χ0v) is 18.8. The maximum absolute atomic E-state index is 12.4. The maximum Gasteiger partial charge on any atom is 0.362 e. The molecule has 28 heavy (non-hydrogen) atoms. The van der Waals surface area contributed by atoms with Gasteiger partial charge in [0.1, 0.15) is 23.8 Å². The molecule has 1 aliphatic heterocycles. The fourth-order valence-electron chi connectivity index (χ4n) is 3.18. The second-order valence-electron chi connectivity index (χ2n) is 9.54. The van der Waals surface area contributed by atoms with Crippen molar-refractivity contribution in [3.63, 3.8) is 0 Å². The van der Waals surface area contributed by atoms with E-state index in [4.69, 9.17) is 9.47 Å². The molecule has 0 aromatic heterocycles. The van der Waals surface area contributed by atoms with E-state index in [1.807, 2.05) is 71.5 Å². The highest BCUT2D eigenvalue weighted by Gasteiger charge is 2.57. The minimum atomic E-state index is -0.527. The molecule has 1 atom stereocenters. The van der Waals surface area contributed by atoms with Crippen LogP contribution in [0.3, 0.4) is 0 Å². The topological polar surface area (TPSA) is 52.6 Å². The molecule has 0 amide bonds. The number of thioether (sulfide) groups is 1. The van der Waals surface area contributed by atoms with Gasteiger partial charge >= 0.3 is 11.9 Å². The van der Waals surface area contributed by atoms with Gasteiger partial charge in [0.15, 0.2) is 13.1 Å². The third-order valence-electron chi connectivity index (χ3n) is 4.37. The SMILES string of the molecule is CC(C)(C)OC(=O)C[N+]1(CC(=O)OC(C)(C)C)C[C@H]1CSCc1ccccc1. The molecule has 6 heteroatoms. The second-order valence-corrected chi connectivity index (χ2v) is 10.6. The molecule has 1 aromatic carbocycles. The maximum atomic E-state index is 12.4. The van der Waals surface area contributed by atoms with Gasteiger partial charge in [-0.15, -0.1) is 0 Å². The van der Waals surface area contributed by atoms with Crippen molar-refractivity contribution < 1.29 is 23.5 Å². The van der Waals surface area contributed by atoms with E-state index < -0.39 is 11.2 Å². The molecule has 1 aromatic rings. The van der Waals surface area contributed by atoms with E-state index in [1.54, 1.807) is 0 Å². The zero-order chi connectivity index (χ0) is 21.0. The summed E-state index contributed by atoms with van der Waals surface area (Å²) < 4.78 is 11.4. The fraction of sp³-hybridized carbons (Fsp3) is 0.636. The van der Waals surface area contributed by atoms with Gasteiger partial charge in [0.25, 0.3) is 0 Å². The van der Waals surface area contributed by atoms with Crippen LogP contribution in [0.15, 0.2) is 30.3 Å². The summed E-state index contributed by atoms with van der Waals surface area (Å²) in [5.41, 5.74) is 0.228. The van der Waals surface area contributed by atoms with E-state index in [9.17, 15) is 9.59 Å². The molecule has 1 aliphatic rings. The lowest BCUT2D eigenvalue weighted by Crippen LogP contribution is -2.43. The van der Waals surface area contributed by atoms with Crippen LogP contribution < -0.4 is 0 Å². The molecule has 1 heterocycles. The van der Waals surface area contributed by atoms with Crippen molar-refractivity contribution >= 4 is 23.7 Å². The minimum Gasteiger partial charge on any atom is -0.456 e. The van der Waals surface area contributed by atoms with E-state index >= 15 is 0 Å². The molecular weight excluding hydrogens is 374 g/mol. The lowest BCUT2D eigenvalue weighted by molar-refractivity contribution is -0.796. The number of rotatable bonds is 8. The Bertz CT molecular complexity index is 646. The van der Waals surface area contributed by atoms with Gasteiger partial charge in [-0.1, -0.05) is 30.3 Å². The number of benzene rings is 1. The van der Waals surface area contributed by atoms with E-state index in [-0.39, 0.29) is 31.1 Å². The normalized spacial score (nSPS) is 18.4. The van der Waals surface area contributed by atoms with Crippen molar-refractivity contribution in [1.82, 2.24) is 0 Å². The zero-order valence-electron chi connectivity index (χ0n) is 18.0. The highest BCUT2D eigenvalue weighted by molar-refractivity contribution is 7.98. The van der Waals surface area contributed by atoms with Crippen LogP contribution in [-0.2, 0) is 24.8 Å². The summed E-state index contributed by atoms with van der Waals surface area (Å²) in [7, 11) is 0. The van der Waals surface area contributed by atoms with E-state index in [0.29, 0.717) is 4.48 Å². The van der Waals surface area contributed by atoms with Crippen molar-refractivity contribution in [3.05, 3.63) is 35.9 Å². The third-order valence-corrected chi connectivity index (χ3v) is 5.52. The first-order chi connectivity index (χ1) is 12.9. The Morgan fingerprint density at radius 1 is 0.964 bits per heavy atom. The second kappa shape index (κ2) is 8.87. The highest BCUT2D eigenvalue weighted by atomic mass is 32.2. The Kier molecular flexibility index (Phi) is 7.21. The number of carbonyl (C=O) groups excluding carboxylic acids is 2. The number of esters is 2. The van der Waals surface area contributed by atoms with Crippen LogP contribution in [-0.4, -0.2) is 59.1 Å². The van der Waals surface area contributed by atoms with Crippen LogP contribution >= 0.6 is 11.8 Å². The number of hydrogen-bond donors (Lipinski definition) is 0. The van der Waals surface area contributed by atoms with E-state index in [1.165, 1.54) is 5.56 Å². The molecule has 2 rings (SSSR count). The molecular formula is C22H34NO4S+. The van der Waals surface area contributed by atoms with Crippen LogP contribution in [0.1, 0.15) is 47.1 Å². The number of quaternary nitrogens is 1. The first-order valence-corrected chi connectivity index (χ1v) is 11.0. The van der Waals surface area contributed by atoms with E-state index in [2.05, 4.69) is 12.1 Å². The number of hydrogen-bond acceptors (Lipinski definition) is 5. The monoisotopic (exact) mass is 408 g/mol. The van der Waals surface area contributed by atoms with Gasteiger partial charge in [-0.3, -0.25) is 4.48 Å². The van der Waals surface area contributed by atoms with Crippen LogP contribution in [0.5, 0.6) is 0 Å². The number of carbonyl (C=O) groups is 2. The molecule has 0 N–H and O–H groups in total. The molecule has 0 radical (unpaired) electrons. The van der Waals surface area contributed by atoms with Gasteiger partial charge in [-0.25, -0.2) is 9.59 Å². The summed E-state index contributed by atoms with van der Waals surface area (Å²) in [6.45, 7) is 12.4. The Balaban J connectivity index is 1.95. The lowest BCUT2D eigenvalue weighted by Gasteiger charge is -2.25. The molecule has 1 saturated heterocycles. The lowest BCUT2D eigenvalue weighted by atomic mass is 10.2. The molecule has 156 valence electrons. The standard InChI is InChI=1S/C22H34NO4S/c1-21(2,3)26-19(24)13-23(14-20(25)27-22(4,5)6)12-18(23)16-28-15-17-10-8-7-9-11-17/h7-11,18H,12-16H2,1-6H3/q+1/t18-/m0/s1. The summed E-state index contributed by atoms with van der Waals surface area (Å²) >= 11 is 1.84. The molecule has 0 bridgehead atoms. The predicted octanol–water partition coefficient (Wildman–Crippen LogP) is 3.80. The Hall–Kier alpha value is -1.53. The molecule has 0 aliphatic carbocycles. The predicted molar refractivity (Wildman–Crippen MR) is 113 cm³/mol. The molecule has 5 nitrogen and oxygen atoms in total. The summed E-state index contributed by atoms with van der Waals surface area (Å²) in [5, 5.41) is 0. The minimum absolute atomic E-state index is 0.215. The van der Waals surface area contributed by atoms with Crippen LogP contribution in [0.4, 0.5) is 0 Å². The summed E-state index contributed by atoms with van der Waals surface area (Å²) in [4.78, 5) is 24.9. The first kappa shape index (κ1) is 22.8. The van der Waals surface area contributed by atoms with Gasteiger partial charge in [-0.2, -0.15) is 11.8 Å². The fourth-order valence-corrected chi connectivity index (χ4v) is 4.42. The number of nitrogens with zero attached hydrogens (tertiary/aromatic N) is 1. The van der Waals surface area contributed by atoms with Crippen molar-refractivity contribution in [2.75, 3.05) is 25.4 Å². The Morgan fingerprint density at radius 3 is 1.93 bits per heavy atom. The van der Waals surface area contributed by atoms with Crippen molar-refractivity contribution in [3.8, 4) is 0 Å². The average molecular weight is 409 g/mol. The van der Waals surface area contributed by atoms with Crippen LogP contribution in [0.2, 0.25) is 0 Å². The summed E-state index contributed by atoms with van der Waals surface area (Å²) in [5.74, 6) is 1.31. The van der Waals surface area contributed by atoms with Gasteiger partial charge in [0.2, 0.25) is 0 Å². The van der Waals surface area contributed by atoms with Crippen molar-refractivity contribution in [1.29, 1.82) is 0 Å². The van der Waals surface area contributed by atoms with Gasteiger partial charge in [-0.05, 0) is 47.1 Å². The van der Waals surface area contributed by atoms with Crippen LogP contribution in [0.25, 0.3) is 0 Å². The Morgan fingerprint density at radius 2 is 1.46 bits per heavy atom. The van der Waals surface area contributed by atoms with Gasteiger partial charge < -0.3 is 9.47 Å². The average Bonchev–Trinajstić information content (AvgIpc) is 3.15. The van der Waals surface area contributed by atoms with Crippen molar-refractivity contribution in [2.24, 2.45) is 0 Å². The third kappa shape index (κ3) is 7.84. The highest BCUT2D eigenvalue weighted by Crippen LogP contribution is 2.35. The van der Waals surface area contributed by atoms with Crippen molar-refractivity contribution in [2.45, 2.75) is 64.5 Å². The Labute approximate surface area is 173 Å². The van der Waals surface area contributed by atoms with Gasteiger partial charge in [0.05, 0.1) is 5.75 Å². The smallest absolute Gasteiger partial charge is 0.362 e. The largest absolute Gasteiger partial charge is 0.456 e. The molecule has 1 fully saturated rings. The van der Waals surface area contributed by atoms with Crippen LogP contribution in [0, 0.1) is 0 Å².